The van der Waals surface area contributed by atoms with E-state index < -0.39 is 0 Å². The number of aryl methyl sites for hydroxylation is 1. The van der Waals surface area contributed by atoms with Crippen LogP contribution in [0.15, 0.2) is 30.5 Å². The van der Waals surface area contributed by atoms with Crippen molar-refractivity contribution in [2.24, 2.45) is 5.92 Å². The van der Waals surface area contributed by atoms with Crippen LogP contribution in [0.2, 0.25) is 5.02 Å². The van der Waals surface area contributed by atoms with Gasteiger partial charge in [0.05, 0.1) is 5.69 Å². The molecule has 0 fully saturated rings. The number of hydrogen-bond acceptors (Lipinski definition) is 1. The van der Waals surface area contributed by atoms with Crippen LogP contribution in [0, 0.1) is 5.92 Å². The Labute approximate surface area is 113 Å². The summed E-state index contributed by atoms with van der Waals surface area (Å²) in [5.74, 6) is 1.99. The second-order valence-corrected chi connectivity index (χ2v) is 5.62. The minimum Gasteiger partial charge on any atom is -0.335 e. The third-order valence-electron chi connectivity index (χ3n) is 3.63. The number of fused-ring (bicyclic) bond motifs is 1. The summed E-state index contributed by atoms with van der Waals surface area (Å²) in [6.45, 7) is 3.40. The highest BCUT2D eigenvalue weighted by Gasteiger charge is 2.17. The van der Waals surface area contributed by atoms with E-state index >= 15 is 0 Å². The molecule has 1 aromatic carbocycles. The standard InChI is InChI=1S/C15H17ClN2/c1-11-6-7-18-10-13(17-15(18)8-11)9-12-4-2-3-5-14(12)16/h2-5,10-11H,6-9H2,1H3. The number of imidazole rings is 1. The van der Waals surface area contributed by atoms with E-state index in [0.717, 1.165) is 41.6 Å². The lowest BCUT2D eigenvalue weighted by Gasteiger charge is -2.18. The van der Waals surface area contributed by atoms with Crippen LogP contribution in [0.4, 0.5) is 0 Å². The number of aromatic nitrogens is 2. The van der Waals surface area contributed by atoms with Crippen molar-refractivity contribution in [3.63, 3.8) is 0 Å². The summed E-state index contributed by atoms with van der Waals surface area (Å²) in [6, 6.07) is 8.00. The van der Waals surface area contributed by atoms with Crippen LogP contribution >= 0.6 is 11.6 Å². The van der Waals surface area contributed by atoms with Crippen LogP contribution in [0.25, 0.3) is 0 Å². The molecule has 1 aliphatic rings. The van der Waals surface area contributed by atoms with Crippen molar-refractivity contribution >= 4 is 11.6 Å². The van der Waals surface area contributed by atoms with Crippen molar-refractivity contribution in [2.45, 2.75) is 32.7 Å². The molecule has 3 heteroatoms. The van der Waals surface area contributed by atoms with Crippen LogP contribution in [-0.2, 0) is 19.4 Å². The van der Waals surface area contributed by atoms with E-state index in [2.05, 4.69) is 23.8 Å². The van der Waals surface area contributed by atoms with Gasteiger partial charge in [0, 0.05) is 30.6 Å². The molecule has 0 bridgehead atoms. The van der Waals surface area contributed by atoms with Gasteiger partial charge in [0.2, 0.25) is 0 Å². The number of benzene rings is 1. The van der Waals surface area contributed by atoms with Crippen molar-refractivity contribution in [1.82, 2.24) is 9.55 Å². The van der Waals surface area contributed by atoms with E-state index in [4.69, 9.17) is 16.6 Å². The van der Waals surface area contributed by atoms with Crippen LogP contribution in [0.5, 0.6) is 0 Å². The topological polar surface area (TPSA) is 17.8 Å². The molecule has 94 valence electrons. The van der Waals surface area contributed by atoms with Crippen molar-refractivity contribution in [1.29, 1.82) is 0 Å². The highest BCUT2D eigenvalue weighted by Crippen LogP contribution is 2.22. The van der Waals surface area contributed by atoms with Gasteiger partial charge in [-0.3, -0.25) is 0 Å². The molecule has 2 nitrogen and oxygen atoms in total. The van der Waals surface area contributed by atoms with Gasteiger partial charge in [-0.05, 0) is 24.0 Å². The molecule has 0 radical (unpaired) electrons. The minimum absolute atomic E-state index is 0.757. The predicted octanol–water partition coefficient (Wildman–Crippen LogP) is 3.71. The largest absolute Gasteiger partial charge is 0.335 e. The number of halogens is 1. The van der Waals surface area contributed by atoms with Gasteiger partial charge in [0.1, 0.15) is 5.82 Å². The van der Waals surface area contributed by atoms with E-state index in [1.54, 1.807) is 0 Å². The molecule has 0 amide bonds. The van der Waals surface area contributed by atoms with Gasteiger partial charge in [-0.2, -0.15) is 0 Å². The summed E-state index contributed by atoms with van der Waals surface area (Å²) in [6.07, 6.45) is 5.37. The maximum Gasteiger partial charge on any atom is 0.109 e. The summed E-state index contributed by atoms with van der Waals surface area (Å²) in [4.78, 5) is 4.74. The molecule has 0 spiro atoms. The first-order valence-corrected chi connectivity index (χ1v) is 6.88. The maximum absolute atomic E-state index is 6.19. The summed E-state index contributed by atoms with van der Waals surface area (Å²) in [5.41, 5.74) is 2.29. The van der Waals surface area contributed by atoms with Crippen LogP contribution in [0.1, 0.15) is 30.4 Å². The average molecular weight is 261 g/mol. The second-order valence-electron chi connectivity index (χ2n) is 5.21. The van der Waals surface area contributed by atoms with Gasteiger partial charge in [0.25, 0.3) is 0 Å². The Morgan fingerprint density at radius 1 is 1.39 bits per heavy atom. The molecule has 0 N–H and O–H groups in total. The molecule has 2 aromatic rings. The first-order chi connectivity index (χ1) is 8.72. The molecule has 1 atom stereocenters. The van der Waals surface area contributed by atoms with Crippen LogP contribution in [0.3, 0.4) is 0 Å². The predicted molar refractivity (Wildman–Crippen MR) is 74.0 cm³/mol. The molecule has 0 aliphatic carbocycles. The van der Waals surface area contributed by atoms with E-state index in [0.29, 0.717) is 0 Å². The lowest BCUT2D eigenvalue weighted by Crippen LogP contribution is -2.16. The Balaban J connectivity index is 1.84. The van der Waals surface area contributed by atoms with Crippen molar-refractivity contribution in [3.05, 3.63) is 52.6 Å². The van der Waals surface area contributed by atoms with E-state index in [1.807, 2.05) is 18.2 Å². The normalized spacial score (nSPS) is 18.7. The third kappa shape index (κ3) is 2.30. The Kier molecular flexibility index (Phi) is 3.13. The number of nitrogens with zero attached hydrogens (tertiary/aromatic N) is 2. The number of rotatable bonds is 2. The molecule has 0 saturated heterocycles. The van der Waals surface area contributed by atoms with Gasteiger partial charge < -0.3 is 4.57 Å². The summed E-state index contributed by atoms with van der Waals surface area (Å²) in [5, 5.41) is 0.830. The molecular formula is C15H17ClN2. The summed E-state index contributed by atoms with van der Waals surface area (Å²) < 4.78 is 2.30. The Bertz CT molecular complexity index is 559. The van der Waals surface area contributed by atoms with Gasteiger partial charge >= 0.3 is 0 Å². The Hall–Kier alpha value is -1.28. The van der Waals surface area contributed by atoms with E-state index in [9.17, 15) is 0 Å². The average Bonchev–Trinajstić information content (AvgIpc) is 2.73. The molecular weight excluding hydrogens is 244 g/mol. The molecule has 2 heterocycles. The summed E-state index contributed by atoms with van der Waals surface area (Å²) >= 11 is 6.19. The number of hydrogen-bond donors (Lipinski definition) is 0. The zero-order chi connectivity index (χ0) is 12.5. The zero-order valence-corrected chi connectivity index (χ0v) is 11.3. The zero-order valence-electron chi connectivity index (χ0n) is 10.6. The van der Waals surface area contributed by atoms with E-state index in [1.165, 1.54) is 12.2 Å². The lowest BCUT2D eigenvalue weighted by molar-refractivity contribution is 0.409. The van der Waals surface area contributed by atoms with Crippen molar-refractivity contribution in [2.75, 3.05) is 0 Å². The van der Waals surface area contributed by atoms with Gasteiger partial charge in [-0.25, -0.2) is 4.98 Å². The van der Waals surface area contributed by atoms with Crippen LogP contribution < -0.4 is 0 Å². The molecule has 0 saturated carbocycles. The van der Waals surface area contributed by atoms with Gasteiger partial charge in [-0.15, -0.1) is 0 Å². The fourth-order valence-electron chi connectivity index (χ4n) is 2.57. The second kappa shape index (κ2) is 4.77. The molecule has 18 heavy (non-hydrogen) atoms. The third-order valence-corrected chi connectivity index (χ3v) is 4.00. The quantitative estimate of drug-likeness (QED) is 0.805. The van der Waals surface area contributed by atoms with Crippen molar-refractivity contribution < 1.29 is 0 Å². The van der Waals surface area contributed by atoms with Gasteiger partial charge in [0.15, 0.2) is 0 Å². The molecule has 3 rings (SSSR count). The first-order valence-electron chi connectivity index (χ1n) is 6.50. The monoisotopic (exact) mass is 260 g/mol. The van der Waals surface area contributed by atoms with Crippen molar-refractivity contribution in [3.8, 4) is 0 Å². The lowest BCUT2D eigenvalue weighted by atomic mass is 10.0. The fourth-order valence-corrected chi connectivity index (χ4v) is 2.77. The van der Waals surface area contributed by atoms with Gasteiger partial charge in [-0.1, -0.05) is 36.7 Å². The highest BCUT2D eigenvalue weighted by molar-refractivity contribution is 6.31. The van der Waals surface area contributed by atoms with E-state index in [-0.39, 0.29) is 0 Å². The highest BCUT2D eigenvalue weighted by atomic mass is 35.5. The Morgan fingerprint density at radius 2 is 2.22 bits per heavy atom. The molecule has 1 unspecified atom stereocenters. The molecule has 1 aliphatic heterocycles. The summed E-state index contributed by atoms with van der Waals surface area (Å²) in [7, 11) is 0. The Morgan fingerprint density at radius 3 is 3.06 bits per heavy atom. The smallest absolute Gasteiger partial charge is 0.109 e. The SMILES string of the molecule is CC1CCn2cc(Cc3ccccc3Cl)nc2C1. The fraction of sp³-hybridized carbons (Fsp3) is 0.400. The minimum atomic E-state index is 0.757. The molecule has 1 aromatic heterocycles. The van der Waals surface area contributed by atoms with Crippen LogP contribution in [-0.4, -0.2) is 9.55 Å². The first kappa shape index (κ1) is 11.8. The maximum atomic E-state index is 6.19.